The number of rotatable bonds is 3. The number of halogens is 2. The predicted molar refractivity (Wildman–Crippen MR) is 81.4 cm³/mol. The number of carbonyl (C=O) groups excluding carboxylic acids is 1. The summed E-state index contributed by atoms with van der Waals surface area (Å²) in [4.78, 5) is 11.7. The molecule has 2 aromatic rings. The molecule has 0 fully saturated rings. The quantitative estimate of drug-likeness (QED) is 0.659. The number of methoxy groups -OCH3 is 1. The molecule has 0 unspecified atom stereocenters. The van der Waals surface area contributed by atoms with Crippen LogP contribution >= 0.6 is 27.5 Å². The number of anilines is 1. The molecule has 0 saturated heterocycles. The second kappa shape index (κ2) is 6.15. The number of nitrogen functional groups attached to an aromatic ring is 1. The summed E-state index contributed by atoms with van der Waals surface area (Å²) in [6.07, 6.45) is 0. The third kappa shape index (κ3) is 3.23. The number of hydrogen-bond donors (Lipinski definition) is 1. The van der Waals surface area contributed by atoms with Gasteiger partial charge in [0.25, 0.3) is 0 Å². The fourth-order valence-corrected chi connectivity index (χ4v) is 2.35. The summed E-state index contributed by atoms with van der Waals surface area (Å²) >= 11 is 9.22. The molecule has 0 aromatic heterocycles. The van der Waals surface area contributed by atoms with Crippen LogP contribution in [0.1, 0.15) is 10.4 Å². The van der Waals surface area contributed by atoms with Crippen molar-refractivity contribution in [2.75, 3.05) is 12.8 Å². The van der Waals surface area contributed by atoms with E-state index in [0.29, 0.717) is 26.7 Å². The van der Waals surface area contributed by atoms with Gasteiger partial charge in [0.15, 0.2) is 0 Å². The second-order valence-electron chi connectivity index (χ2n) is 3.92. The van der Waals surface area contributed by atoms with Gasteiger partial charge < -0.3 is 15.2 Å². The Kier molecular flexibility index (Phi) is 4.52. The van der Waals surface area contributed by atoms with Crippen molar-refractivity contribution in [3.05, 3.63) is 51.5 Å². The number of benzene rings is 2. The largest absolute Gasteiger partial charge is 0.465 e. The zero-order valence-corrected chi connectivity index (χ0v) is 12.9. The molecule has 6 heteroatoms. The maximum atomic E-state index is 11.7. The summed E-state index contributed by atoms with van der Waals surface area (Å²) in [6, 6.07) is 9.85. The van der Waals surface area contributed by atoms with Gasteiger partial charge in [0.05, 0.1) is 11.6 Å². The third-order valence-electron chi connectivity index (χ3n) is 2.52. The lowest BCUT2D eigenvalue weighted by atomic mass is 10.2. The standard InChI is InChI=1S/C14H11BrClNO3/c1-19-14(18)10-7-9(17)3-5-12(10)20-13-4-2-8(16)6-11(13)15/h2-7H,17H2,1H3. The molecule has 0 aliphatic rings. The normalized spacial score (nSPS) is 10.2. The number of hydrogen-bond acceptors (Lipinski definition) is 4. The highest BCUT2D eigenvalue weighted by molar-refractivity contribution is 9.10. The van der Waals surface area contributed by atoms with E-state index in [0.717, 1.165) is 0 Å². The van der Waals surface area contributed by atoms with Gasteiger partial charge in [-0.05, 0) is 52.3 Å². The third-order valence-corrected chi connectivity index (χ3v) is 3.38. The van der Waals surface area contributed by atoms with Crippen LogP contribution in [0.2, 0.25) is 5.02 Å². The highest BCUT2D eigenvalue weighted by Crippen LogP contribution is 2.34. The minimum Gasteiger partial charge on any atom is -0.465 e. The Hall–Kier alpha value is -1.72. The molecule has 0 saturated carbocycles. The molecule has 0 amide bonds. The summed E-state index contributed by atoms with van der Waals surface area (Å²) in [5.41, 5.74) is 6.38. The first-order chi connectivity index (χ1) is 9.51. The Morgan fingerprint density at radius 3 is 2.55 bits per heavy atom. The molecule has 2 aromatic carbocycles. The van der Waals surface area contributed by atoms with Crippen molar-refractivity contribution < 1.29 is 14.3 Å². The van der Waals surface area contributed by atoms with Gasteiger partial charge in [-0.15, -0.1) is 0 Å². The van der Waals surface area contributed by atoms with Gasteiger partial charge in [0.1, 0.15) is 17.1 Å². The number of ether oxygens (including phenoxy) is 2. The van der Waals surface area contributed by atoms with Crippen molar-refractivity contribution in [2.24, 2.45) is 0 Å². The molecule has 0 atom stereocenters. The topological polar surface area (TPSA) is 61.5 Å². The Balaban J connectivity index is 2.40. The Labute approximate surface area is 129 Å². The number of esters is 1. The lowest BCUT2D eigenvalue weighted by Gasteiger charge is -2.12. The van der Waals surface area contributed by atoms with Gasteiger partial charge in [0, 0.05) is 10.7 Å². The number of carbonyl (C=O) groups is 1. The second-order valence-corrected chi connectivity index (χ2v) is 5.21. The van der Waals surface area contributed by atoms with Crippen LogP contribution in [-0.2, 0) is 4.74 Å². The maximum absolute atomic E-state index is 11.7. The molecule has 4 nitrogen and oxygen atoms in total. The number of nitrogens with two attached hydrogens (primary N) is 1. The first-order valence-electron chi connectivity index (χ1n) is 5.62. The fourth-order valence-electron chi connectivity index (χ4n) is 1.58. The molecule has 104 valence electrons. The molecule has 0 aliphatic carbocycles. The van der Waals surface area contributed by atoms with E-state index in [9.17, 15) is 4.79 Å². The summed E-state index contributed by atoms with van der Waals surface area (Å²) in [5.74, 6) is 0.371. The van der Waals surface area contributed by atoms with Gasteiger partial charge in [-0.3, -0.25) is 0 Å². The molecule has 0 spiro atoms. The highest BCUT2D eigenvalue weighted by atomic mass is 79.9. The maximum Gasteiger partial charge on any atom is 0.341 e. The van der Waals surface area contributed by atoms with Crippen molar-refractivity contribution in [3.63, 3.8) is 0 Å². The molecule has 2 rings (SSSR count). The summed E-state index contributed by atoms with van der Waals surface area (Å²) in [7, 11) is 1.30. The summed E-state index contributed by atoms with van der Waals surface area (Å²) in [5, 5.41) is 0.578. The average Bonchev–Trinajstić information content (AvgIpc) is 2.42. The van der Waals surface area contributed by atoms with Crippen LogP contribution < -0.4 is 10.5 Å². The predicted octanol–water partition coefficient (Wildman–Crippen LogP) is 4.26. The van der Waals surface area contributed by atoms with E-state index < -0.39 is 5.97 Å². The van der Waals surface area contributed by atoms with Crippen LogP contribution in [-0.4, -0.2) is 13.1 Å². The van der Waals surface area contributed by atoms with Gasteiger partial charge in [-0.2, -0.15) is 0 Å². The Bertz CT molecular complexity index is 661. The van der Waals surface area contributed by atoms with E-state index in [1.807, 2.05) is 0 Å². The van der Waals surface area contributed by atoms with Crippen molar-refractivity contribution in [1.29, 1.82) is 0 Å². The van der Waals surface area contributed by atoms with Crippen LogP contribution in [0.25, 0.3) is 0 Å². The SMILES string of the molecule is COC(=O)c1cc(N)ccc1Oc1ccc(Cl)cc1Br. The molecule has 0 bridgehead atoms. The molecule has 0 radical (unpaired) electrons. The summed E-state index contributed by atoms with van der Waals surface area (Å²) in [6.45, 7) is 0. The fraction of sp³-hybridized carbons (Fsp3) is 0.0714. The molecule has 0 aliphatic heterocycles. The van der Waals surface area contributed by atoms with Crippen LogP contribution in [0.3, 0.4) is 0 Å². The molecule has 20 heavy (non-hydrogen) atoms. The monoisotopic (exact) mass is 355 g/mol. The molecule has 0 heterocycles. The first kappa shape index (κ1) is 14.7. The minimum absolute atomic E-state index is 0.259. The van der Waals surface area contributed by atoms with Gasteiger partial charge >= 0.3 is 5.97 Å². The van der Waals surface area contributed by atoms with Gasteiger partial charge in [-0.25, -0.2) is 4.79 Å². The van der Waals surface area contributed by atoms with E-state index >= 15 is 0 Å². The van der Waals surface area contributed by atoms with Crippen LogP contribution in [0.5, 0.6) is 11.5 Å². The summed E-state index contributed by atoms with van der Waals surface area (Å²) < 4.78 is 11.1. The lowest BCUT2D eigenvalue weighted by molar-refractivity contribution is 0.0598. The van der Waals surface area contributed by atoms with Crippen molar-refractivity contribution in [2.45, 2.75) is 0 Å². The van der Waals surface area contributed by atoms with E-state index in [4.69, 9.17) is 26.8 Å². The smallest absolute Gasteiger partial charge is 0.341 e. The van der Waals surface area contributed by atoms with E-state index in [1.54, 1.807) is 30.3 Å². The Morgan fingerprint density at radius 2 is 1.90 bits per heavy atom. The minimum atomic E-state index is -0.516. The lowest BCUT2D eigenvalue weighted by Crippen LogP contribution is -2.04. The zero-order chi connectivity index (χ0) is 14.7. The van der Waals surface area contributed by atoms with Crippen molar-refractivity contribution in [3.8, 4) is 11.5 Å². The van der Waals surface area contributed by atoms with E-state index in [-0.39, 0.29) is 5.56 Å². The van der Waals surface area contributed by atoms with Gasteiger partial charge in [0.2, 0.25) is 0 Å². The average molecular weight is 357 g/mol. The Morgan fingerprint density at radius 1 is 1.20 bits per heavy atom. The molecule has 2 N–H and O–H groups in total. The van der Waals surface area contributed by atoms with E-state index in [1.165, 1.54) is 13.2 Å². The van der Waals surface area contributed by atoms with Crippen LogP contribution in [0.15, 0.2) is 40.9 Å². The van der Waals surface area contributed by atoms with E-state index in [2.05, 4.69) is 15.9 Å². The van der Waals surface area contributed by atoms with Crippen molar-refractivity contribution in [1.82, 2.24) is 0 Å². The first-order valence-corrected chi connectivity index (χ1v) is 6.79. The van der Waals surface area contributed by atoms with Gasteiger partial charge in [-0.1, -0.05) is 11.6 Å². The van der Waals surface area contributed by atoms with Crippen LogP contribution in [0, 0.1) is 0 Å². The zero-order valence-electron chi connectivity index (χ0n) is 10.5. The van der Waals surface area contributed by atoms with Crippen LogP contribution in [0.4, 0.5) is 5.69 Å². The molecular weight excluding hydrogens is 346 g/mol. The van der Waals surface area contributed by atoms with Crippen molar-refractivity contribution >= 4 is 39.2 Å². The highest BCUT2D eigenvalue weighted by Gasteiger charge is 2.15. The molecular formula is C14H11BrClNO3.